The van der Waals surface area contributed by atoms with Gasteiger partial charge >= 0.3 is 5.97 Å². The van der Waals surface area contributed by atoms with Crippen LogP contribution in [0, 0.1) is 5.82 Å². The predicted octanol–water partition coefficient (Wildman–Crippen LogP) is 2.47. The average molecular weight is 181 g/mol. The summed E-state index contributed by atoms with van der Waals surface area (Å²) in [5.41, 5.74) is 7.61. The molecule has 0 saturated carbocycles. The van der Waals surface area contributed by atoms with Crippen LogP contribution in [0.3, 0.4) is 0 Å². The highest BCUT2D eigenvalue weighted by molar-refractivity contribution is 5.88. The first-order chi connectivity index (χ1) is 6.15. The van der Waals surface area contributed by atoms with Crippen molar-refractivity contribution >= 4 is 11.7 Å². The Morgan fingerprint density at radius 2 is 2.31 bits per heavy atom. The van der Waals surface area contributed by atoms with E-state index in [9.17, 15) is 9.18 Å². The second-order valence-electron chi connectivity index (χ2n) is 2.16. The molecule has 1 rings (SSSR count). The first-order valence-corrected chi connectivity index (χ1v) is 3.23. The summed E-state index contributed by atoms with van der Waals surface area (Å²) in [5, 5.41) is 11.6. The molecule has 0 spiro atoms. The van der Waals surface area contributed by atoms with Gasteiger partial charge in [0.25, 0.3) is 0 Å². The van der Waals surface area contributed by atoms with Crippen LogP contribution in [0.5, 0.6) is 0 Å². The number of rotatable bonds is 2. The molecule has 6 heteroatoms. The minimum Gasteiger partial charge on any atom is -0.478 e. The van der Waals surface area contributed by atoms with Crippen LogP contribution in [-0.2, 0) is 0 Å². The van der Waals surface area contributed by atoms with Gasteiger partial charge in [0.1, 0.15) is 5.82 Å². The summed E-state index contributed by atoms with van der Waals surface area (Å²) in [6.45, 7) is 0. The number of benzene rings is 1. The van der Waals surface area contributed by atoms with Crippen molar-refractivity contribution < 1.29 is 14.3 Å². The fourth-order valence-corrected chi connectivity index (χ4v) is 0.791. The fourth-order valence-electron chi connectivity index (χ4n) is 0.791. The molecule has 0 unspecified atom stereocenters. The van der Waals surface area contributed by atoms with Crippen molar-refractivity contribution in [1.29, 1.82) is 0 Å². The Bertz CT molecular complexity index is 399. The van der Waals surface area contributed by atoms with Gasteiger partial charge in [0.05, 0.1) is 5.56 Å². The summed E-state index contributed by atoms with van der Waals surface area (Å²) in [5.74, 6) is -2.28. The van der Waals surface area contributed by atoms with E-state index in [1.807, 2.05) is 0 Å². The Morgan fingerprint density at radius 1 is 1.62 bits per heavy atom. The molecule has 0 heterocycles. The van der Waals surface area contributed by atoms with Crippen LogP contribution in [0.4, 0.5) is 10.1 Å². The number of carboxylic acids is 1. The fraction of sp³-hybridized carbons (Fsp3) is 0. The predicted molar refractivity (Wildman–Crippen MR) is 42.2 cm³/mol. The van der Waals surface area contributed by atoms with Crippen LogP contribution >= 0.6 is 0 Å². The van der Waals surface area contributed by atoms with Crippen LogP contribution < -0.4 is 0 Å². The first kappa shape index (κ1) is 9.02. The highest BCUT2D eigenvalue weighted by atomic mass is 19.1. The second-order valence-corrected chi connectivity index (χ2v) is 2.16. The zero-order valence-corrected chi connectivity index (χ0v) is 6.31. The maximum Gasteiger partial charge on any atom is 0.338 e. The molecule has 0 saturated heterocycles. The minimum atomic E-state index is -1.36. The molecule has 0 aliphatic carbocycles. The normalized spacial score (nSPS) is 9.00. The molecule has 5 nitrogen and oxygen atoms in total. The number of halogens is 1. The van der Waals surface area contributed by atoms with Crippen molar-refractivity contribution in [3.05, 3.63) is 40.0 Å². The van der Waals surface area contributed by atoms with E-state index >= 15 is 0 Å². The third-order valence-corrected chi connectivity index (χ3v) is 1.34. The molecule has 66 valence electrons. The van der Waals surface area contributed by atoms with Gasteiger partial charge in [-0.1, -0.05) is 11.2 Å². The summed E-state index contributed by atoms with van der Waals surface area (Å²) >= 11 is 0. The van der Waals surface area contributed by atoms with Gasteiger partial charge in [-0.2, -0.15) is 0 Å². The van der Waals surface area contributed by atoms with E-state index in [1.165, 1.54) is 6.07 Å². The number of azide groups is 1. The molecule has 1 N–H and O–H groups in total. The largest absolute Gasteiger partial charge is 0.478 e. The smallest absolute Gasteiger partial charge is 0.338 e. The zero-order valence-electron chi connectivity index (χ0n) is 6.31. The van der Waals surface area contributed by atoms with Crippen molar-refractivity contribution in [3.63, 3.8) is 0 Å². The molecule has 0 aliphatic rings. The van der Waals surface area contributed by atoms with Crippen molar-refractivity contribution in [2.24, 2.45) is 5.11 Å². The lowest BCUT2D eigenvalue weighted by atomic mass is 10.2. The molecule has 0 aliphatic heterocycles. The quantitative estimate of drug-likeness (QED) is 0.431. The third-order valence-electron chi connectivity index (χ3n) is 1.34. The molecule has 0 bridgehead atoms. The van der Waals surface area contributed by atoms with Gasteiger partial charge in [-0.3, -0.25) is 0 Å². The number of aromatic carboxylic acids is 1. The topological polar surface area (TPSA) is 86.1 Å². The lowest BCUT2D eigenvalue weighted by Crippen LogP contribution is -1.99. The summed E-state index contributed by atoms with van der Waals surface area (Å²) in [7, 11) is 0. The van der Waals surface area contributed by atoms with E-state index in [2.05, 4.69) is 10.0 Å². The van der Waals surface area contributed by atoms with Gasteiger partial charge in [0, 0.05) is 10.6 Å². The number of hydrogen-bond donors (Lipinski definition) is 1. The SMILES string of the molecule is [N-]=[N+]=Nc1ccc(C(=O)O)c(F)c1. The van der Waals surface area contributed by atoms with E-state index < -0.39 is 17.3 Å². The van der Waals surface area contributed by atoms with Crippen LogP contribution in [0.15, 0.2) is 23.3 Å². The molecular formula is C7H4FN3O2. The van der Waals surface area contributed by atoms with Crippen molar-refractivity contribution in [3.8, 4) is 0 Å². The van der Waals surface area contributed by atoms with Crippen molar-refractivity contribution in [2.75, 3.05) is 0 Å². The van der Waals surface area contributed by atoms with Crippen LogP contribution in [-0.4, -0.2) is 11.1 Å². The van der Waals surface area contributed by atoms with E-state index in [0.29, 0.717) is 0 Å². The van der Waals surface area contributed by atoms with Gasteiger partial charge in [-0.25, -0.2) is 9.18 Å². The number of carbonyl (C=O) groups is 1. The van der Waals surface area contributed by atoms with Gasteiger partial charge in [-0.05, 0) is 17.7 Å². The van der Waals surface area contributed by atoms with E-state index in [4.69, 9.17) is 10.6 Å². The van der Waals surface area contributed by atoms with Crippen LogP contribution in [0.2, 0.25) is 0 Å². The summed E-state index contributed by atoms with van der Waals surface area (Å²) in [6.07, 6.45) is 0. The highest BCUT2D eigenvalue weighted by Gasteiger charge is 2.09. The molecule has 0 amide bonds. The molecule has 1 aromatic rings. The van der Waals surface area contributed by atoms with Gasteiger partial charge in [-0.15, -0.1) is 0 Å². The number of hydrogen-bond acceptors (Lipinski definition) is 2. The second kappa shape index (κ2) is 3.55. The van der Waals surface area contributed by atoms with Crippen molar-refractivity contribution in [1.82, 2.24) is 0 Å². The molecule has 1 aromatic carbocycles. The van der Waals surface area contributed by atoms with Crippen LogP contribution in [0.25, 0.3) is 10.4 Å². The lowest BCUT2D eigenvalue weighted by Gasteiger charge is -1.96. The lowest BCUT2D eigenvalue weighted by molar-refractivity contribution is 0.0692. The number of carboxylic acid groups (broad SMARTS) is 1. The Hall–Kier alpha value is -2.07. The molecule has 13 heavy (non-hydrogen) atoms. The van der Waals surface area contributed by atoms with Gasteiger partial charge in [0.15, 0.2) is 0 Å². The third kappa shape index (κ3) is 1.94. The summed E-state index contributed by atoms with van der Waals surface area (Å²) in [4.78, 5) is 12.8. The Kier molecular flexibility index (Phi) is 2.47. The highest BCUT2D eigenvalue weighted by Crippen LogP contribution is 2.17. The van der Waals surface area contributed by atoms with Crippen LogP contribution in [0.1, 0.15) is 10.4 Å². The van der Waals surface area contributed by atoms with E-state index in [-0.39, 0.29) is 5.69 Å². The maximum atomic E-state index is 12.9. The molecule has 0 fully saturated rings. The average Bonchev–Trinajstić information content (AvgIpc) is 2.04. The van der Waals surface area contributed by atoms with Gasteiger partial charge in [0.2, 0.25) is 0 Å². The standard InChI is InChI=1S/C7H4FN3O2/c8-6-3-4(10-11-9)1-2-5(6)7(12)13/h1-3H,(H,12,13). The Balaban J connectivity index is 3.19. The number of nitrogens with zero attached hydrogens (tertiary/aromatic N) is 3. The molecular weight excluding hydrogens is 177 g/mol. The van der Waals surface area contributed by atoms with E-state index in [0.717, 1.165) is 12.1 Å². The Morgan fingerprint density at radius 3 is 2.77 bits per heavy atom. The first-order valence-electron chi connectivity index (χ1n) is 3.23. The van der Waals surface area contributed by atoms with Crippen molar-refractivity contribution in [2.45, 2.75) is 0 Å². The summed E-state index contributed by atoms with van der Waals surface area (Å²) < 4.78 is 12.9. The maximum absolute atomic E-state index is 12.9. The van der Waals surface area contributed by atoms with E-state index in [1.54, 1.807) is 0 Å². The Labute approximate surface area is 72.1 Å². The molecule has 0 atom stereocenters. The minimum absolute atomic E-state index is 0.0463. The monoisotopic (exact) mass is 181 g/mol. The molecule has 0 radical (unpaired) electrons. The molecule has 0 aromatic heterocycles. The van der Waals surface area contributed by atoms with Gasteiger partial charge < -0.3 is 5.11 Å². The zero-order chi connectivity index (χ0) is 9.84. The summed E-state index contributed by atoms with van der Waals surface area (Å²) in [6, 6.07) is 3.14.